The Kier molecular flexibility index (Phi) is 5.71. The number of halogens is 3. The second-order valence-electron chi connectivity index (χ2n) is 2.59. The summed E-state index contributed by atoms with van der Waals surface area (Å²) < 4.78 is 35.3. The molecule has 7 heteroatoms. The van der Waals surface area contributed by atoms with Crippen molar-refractivity contribution in [3.63, 3.8) is 0 Å². The van der Waals surface area contributed by atoms with E-state index in [2.05, 4.69) is 4.98 Å². The van der Waals surface area contributed by atoms with E-state index in [-0.39, 0.29) is 41.3 Å². The maximum absolute atomic E-state index is 11.8. The van der Waals surface area contributed by atoms with E-state index >= 15 is 0 Å². The van der Waals surface area contributed by atoms with Crippen LogP contribution in [0.1, 0.15) is 10.5 Å². The van der Waals surface area contributed by atoms with Gasteiger partial charge in [-0.25, -0.2) is 0 Å². The Morgan fingerprint density at radius 1 is 1.38 bits per heavy atom. The van der Waals surface area contributed by atoms with E-state index in [9.17, 15) is 23.1 Å². The molecule has 0 aliphatic carbocycles. The number of carbonyl (C=O) groups is 1. The van der Waals surface area contributed by atoms with E-state index in [0.717, 1.165) is 0 Å². The third kappa shape index (κ3) is 4.34. The van der Waals surface area contributed by atoms with Gasteiger partial charge in [-0.3, -0.25) is 9.78 Å². The zero-order chi connectivity index (χ0) is 11.5. The van der Waals surface area contributed by atoms with Crippen LogP contribution in [0.25, 0.3) is 0 Å². The number of alkyl halides is 3. The van der Waals surface area contributed by atoms with Crippen molar-refractivity contribution in [2.45, 2.75) is 6.18 Å². The molecular formula is C9H5F3NNaO2. The first-order valence-corrected chi connectivity index (χ1v) is 3.82. The quantitative estimate of drug-likeness (QED) is 0.261. The maximum atomic E-state index is 11.8. The largest absolute Gasteiger partial charge is 1.00 e. The average Bonchev–Trinajstić information content (AvgIpc) is 2.17. The van der Waals surface area contributed by atoms with Crippen LogP contribution in [-0.2, 0) is 0 Å². The second-order valence-corrected chi connectivity index (χ2v) is 2.59. The summed E-state index contributed by atoms with van der Waals surface area (Å²) in [6, 6.07) is 4.16. The molecule has 0 saturated heterocycles. The van der Waals surface area contributed by atoms with Crippen LogP contribution in [0.3, 0.4) is 0 Å². The molecule has 16 heavy (non-hydrogen) atoms. The molecule has 80 valence electrons. The summed E-state index contributed by atoms with van der Waals surface area (Å²) in [6.45, 7) is 0. The van der Waals surface area contributed by atoms with Crippen molar-refractivity contribution in [3.05, 3.63) is 41.9 Å². The van der Waals surface area contributed by atoms with Crippen molar-refractivity contribution in [2.75, 3.05) is 0 Å². The summed E-state index contributed by atoms with van der Waals surface area (Å²) >= 11 is 0. The number of rotatable bonds is 2. The van der Waals surface area contributed by atoms with Gasteiger partial charge in [-0.15, -0.1) is 0 Å². The van der Waals surface area contributed by atoms with E-state index in [1.807, 2.05) is 0 Å². The van der Waals surface area contributed by atoms with Gasteiger partial charge >= 0.3 is 35.7 Å². The molecule has 0 atom stereocenters. The molecule has 1 rings (SSSR count). The number of hydrogen-bond acceptors (Lipinski definition) is 3. The van der Waals surface area contributed by atoms with E-state index in [1.165, 1.54) is 24.4 Å². The number of pyridine rings is 1. The van der Waals surface area contributed by atoms with Crippen LogP contribution in [0.15, 0.2) is 36.2 Å². The normalized spacial score (nSPS) is 11.8. The van der Waals surface area contributed by atoms with Crippen molar-refractivity contribution >= 4 is 5.78 Å². The van der Waals surface area contributed by atoms with Gasteiger partial charge in [0.2, 0.25) is 5.78 Å². The second kappa shape index (κ2) is 6.03. The Balaban J connectivity index is 0.00000225. The van der Waals surface area contributed by atoms with Gasteiger partial charge in [0.15, 0.2) is 0 Å². The summed E-state index contributed by atoms with van der Waals surface area (Å²) in [5.41, 5.74) is -0.199. The summed E-state index contributed by atoms with van der Waals surface area (Å²) in [6.07, 6.45) is -3.79. The molecule has 0 aliphatic heterocycles. The molecule has 0 bridgehead atoms. The van der Waals surface area contributed by atoms with Gasteiger partial charge in [0, 0.05) is 6.20 Å². The molecule has 1 aromatic rings. The van der Waals surface area contributed by atoms with Crippen molar-refractivity contribution in [1.29, 1.82) is 0 Å². The molecule has 0 aromatic carbocycles. The predicted molar refractivity (Wildman–Crippen MR) is 42.7 cm³/mol. The van der Waals surface area contributed by atoms with Gasteiger partial charge in [0.05, 0.1) is 0 Å². The molecular weight excluding hydrogens is 234 g/mol. The summed E-state index contributed by atoms with van der Waals surface area (Å²) in [7, 11) is 0. The van der Waals surface area contributed by atoms with Crippen molar-refractivity contribution < 1.29 is 52.6 Å². The Bertz CT molecular complexity index is 389. The summed E-state index contributed by atoms with van der Waals surface area (Å²) in [4.78, 5) is 14.6. The van der Waals surface area contributed by atoms with Crippen LogP contribution >= 0.6 is 0 Å². The smallest absolute Gasteiger partial charge is 0.869 e. The van der Waals surface area contributed by atoms with Gasteiger partial charge in [0.25, 0.3) is 0 Å². The number of nitrogens with zero attached hydrogens (tertiary/aromatic N) is 1. The number of carbonyl (C=O) groups excluding carboxylic acids is 1. The molecule has 1 aromatic heterocycles. The van der Waals surface area contributed by atoms with Crippen LogP contribution in [0.2, 0.25) is 0 Å². The van der Waals surface area contributed by atoms with E-state index in [1.54, 1.807) is 0 Å². The van der Waals surface area contributed by atoms with Gasteiger partial charge in [-0.05, 0) is 24.0 Å². The fourth-order valence-electron chi connectivity index (χ4n) is 0.783. The molecule has 0 spiro atoms. The van der Waals surface area contributed by atoms with Crippen LogP contribution in [0, 0.1) is 0 Å². The predicted octanol–water partition coefficient (Wildman–Crippen LogP) is -1.93. The summed E-state index contributed by atoms with van der Waals surface area (Å²) in [5, 5.41) is 10.4. The Hall–Kier alpha value is -0.850. The van der Waals surface area contributed by atoms with Crippen LogP contribution in [0.5, 0.6) is 0 Å². The zero-order valence-corrected chi connectivity index (χ0v) is 10.3. The number of allylic oxidation sites excluding steroid dienone is 2. The molecule has 3 nitrogen and oxygen atoms in total. The minimum absolute atomic E-state index is 0. The molecule has 0 N–H and O–H groups in total. The zero-order valence-electron chi connectivity index (χ0n) is 8.28. The molecule has 0 fully saturated rings. The maximum Gasteiger partial charge on any atom is 1.00 e. The monoisotopic (exact) mass is 239 g/mol. The average molecular weight is 239 g/mol. The molecule has 0 unspecified atom stereocenters. The minimum Gasteiger partial charge on any atom is -0.869 e. The number of aromatic nitrogens is 1. The molecule has 0 amide bonds. The minimum atomic E-state index is -5.02. The first-order chi connectivity index (χ1) is 6.91. The first-order valence-electron chi connectivity index (χ1n) is 3.82. The third-order valence-electron chi connectivity index (χ3n) is 1.46. The fraction of sp³-hybridized carbons (Fsp3) is 0.111. The van der Waals surface area contributed by atoms with Crippen molar-refractivity contribution in [2.24, 2.45) is 0 Å². The van der Waals surface area contributed by atoms with Crippen LogP contribution in [-0.4, -0.2) is 16.9 Å². The van der Waals surface area contributed by atoms with Crippen molar-refractivity contribution in [1.82, 2.24) is 4.98 Å². The Morgan fingerprint density at radius 2 is 2.00 bits per heavy atom. The number of hydrogen-bond donors (Lipinski definition) is 0. The van der Waals surface area contributed by atoms with Gasteiger partial charge in [-0.1, -0.05) is 6.07 Å². The molecule has 1 heterocycles. The summed E-state index contributed by atoms with van der Waals surface area (Å²) in [5.74, 6) is -3.24. The van der Waals surface area contributed by atoms with Crippen LogP contribution < -0.4 is 34.7 Å². The Labute approximate surface area is 111 Å². The van der Waals surface area contributed by atoms with E-state index in [0.29, 0.717) is 0 Å². The van der Waals surface area contributed by atoms with E-state index in [4.69, 9.17) is 0 Å². The first kappa shape index (κ1) is 15.2. The molecule has 0 aliphatic rings. The SMILES string of the molecule is O=C(/C=C(\[O-])C(F)(F)F)c1ccccn1.[Na+]. The van der Waals surface area contributed by atoms with Gasteiger partial charge < -0.3 is 5.11 Å². The van der Waals surface area contributed by atoms with Gasteiger partial charge in [-0.2, -0.15) is 13.2 Å². The molecule has 0 saturated carbocycles. The Morgan fingerprint density at radius 3 is 2.44 bits per heavy atom. The van der Waals surface area contributed by atoms with E-state index < -0.39 is 17.7 Å². The fourth-order valence-corrected chi connectivity index (χ4v) is 0.783. The third-order valence-corrected chi connectivity index (χ3v) is 1.46. The van der Waals surface area contributed by atoms with Crippen LogP contribution in [0.4, 0.5) is 13.2 Å². The topological polar surface area (TPSA) is 53.0 Å². The molecule has 0 radical (unpaired) electrons. The standard InChI is InChI=1S/C9H6F3NO2.Na/c10-9(11,12)8(15)5-7(14)6-3-1-2-4-13-6;/h1-5,15H;/q;+1/p-1/b8-5-;. The number of ketones is 1. The van der Waals surface area contributed by atoms with Gasteiger partial charge in [0.1, 0.15) is 5.69 Å². The van der Waals surface area contributed by atoms with Crippen molar-refractivity contribution in [3.8, 4) is 0 Å².